The van der Waals surface area contributed by atoms with Crippen molar-refractivity contribution in [3.63, 3.8) is 0 Å². The molecule has 0 aromatic heterocycles. The maximum atomic E-state index is 12.2. The molecule has 6 nitrogen and oxygen atoms in total. The Balaban J connectivity index is 1.92. The molecule has 6 heteroatoms. The van der Waals surface area contributed by atoms with Crippen molar-refractivity contribution in [2.75, 3.05) is 19.5 Å². The zero-order chi connectivity index (χ0) is 20.5. The van der Waals surface area contributed by atoms with E-state index in [9.17, 15) is 9.59 Å². The Bertz CT molecular complexity index is 801. The summed E-state index contributed by atoms with van der Waals surface area (Å²) in [6.07, 6.45) is 1.92. The zero-order valence-electron chi connectivity index (χ0n) is 16.8. The molecule has 1 N–H and O–H groups in total. The van der Waals surface area contributed by atoms with Crippen LogP contribution in [-0.4, -0.2) is 32.2 Å². The minimum atomic E-state index is -0.410. The third kappa shape index (κ3) is 6.01. The summed E-state index contributed by atoms with van der Waals surface area (Å²) in [5, 5.41) is 2.82. The van der Waals surface area contributed by atoms with Gasteiger partial charge in [0.1, 0.15) is 0 Å². The standard InChI is InChI=1S/C22H27NO5/c1-5-15(2)28-19-12-6-16(14-20(19)26-3)7-13-21(24)23-18-10-8-17(9-11-18)22(25)27-4/h6,8-12,14-15H,5,7,13H2,1-4H3,(H,23,24). The highest BCUT2D eigenvalue weighted by molar-refractivity contribution is 5.93. The Labute approximate surface area is 165 Å². The quantitative estimate of drug-likeness (QED) is 0.654. The fraction of sp³-hybridized carbons (Fsp3) is 0.364. The molecular weight excluding hydrogens is 358 g/mol. The van der Waals surface area contributed by atoms with Crippen LogP contribution in [0.1, 0.15) is 42.6 Å². The second kappa shape index (κ2) is 10.3. The molecule has 1 atom stereocenters. The van der Waals surface area contributed by atoms with E-state index < -0.39 is 5.97 Å². The van der Waals surface area contributed by atoms with E-state index in [0.29, 0.717) is 35.6 Å². The van der Waals surface area contributed by atoms with Gasteiger partial charge in [0.05, 0.1) is 25.9 Å². The first-order chi connectivity index (χ1) is 13.5. The summed E-state index contributed by atoms with van der Waals surface area (Å²) in [7, 11) is 2.93. The van der Waals surface area contributed by atoms with Gasteiger partial charge in [-0.1, -0.05) is 13.0 Å². The summed E-state index contributed by atoms with van der Waals surface area (Å²) in [6, 6.07) is 12.3. The normalized spacial score (nSPS) is 11.4. The smallest absolute Gasteiger partial charge is 0.337 e. The molecule has 0 bridgehead atoms. The molecule has 2 aromatic rings. The number of nitrogens with one attached hydrogen (secondary N) is 1. The summed E-state index contributed by atoms with van der Waals surface area (Å²) in [5.74, 6) is 0.852. The van der Waals surface area contributed by atoms with Crippen LogP contribution in [0.4, 0.5) is 5.69 Å². The molecule has 0 spiro atoms. The molecule has 0 aliphatic heterocycles. The summed E-state index contributed by atoms with van der Waals surface area (Å²) >= 11 is 0. The predicted molar refractivity (Wildman–Crippen MR) is 108 cm³/mol. The van der Waals surface area contributed by atoms with Gasteiger partial charge in [-0.2, -0.15) is 0 Å². The molecule has 0 saturated carbocycles. The summed E-state index contributed by atoms with van der Waals surface area (Å²) in [6.45, 7) is 4.07. The van der Waals surface area contributed by atoms with Crippen LogP contribution >= 0.6 is 0 Å². The minimum Gasteiger partial charge on any atom is -0.493 e. The molecule has 0 heterocycles. The van der Waals surface area contributed by atoms with Gasteiger partial charge in [0.25, 0.3) is 0 Å². The number of amides is 1. The second-order valence-corrected chi connectivity index (χ2v) is 6.44. The van der Waals surface area contributed by atoms with Gasteiger partial charge >= 0.3 is 5.97 Å². The lowest BCUT2D eigenvalue weighted by Crippen LogP contribution is -2.13. The van der Waals surface area contributed by atoms with Crippen LogP contribution in [0.25, 0.3) is 0 Å². The third-order valence-corrected chi connectivity index (χ3v) is 4.36. The highest BCUT2D eigenvalue weighted by atomic mass is 16.5. The maximum absolute atomic E-state index is 12.2. The molecule has 150 valence electrons. The Hall–Kier alpha value is -3.02. The fourth-order valence-corrected chi connectivity index (χ4v) is 2.55. The highest BCUT2D eigenvalue weighted by Gasteiger charge is 2.11. The van der Waals surface area contributed by atoms with Gasteiger partial charge < -0.3 is 19.5 Å². The first-order valence-corrected chi connectivity index (χ1v) is 9.28. The Morgan fingerprint density at radius 3 is 2.36 bits per heavy atom. The molecule has 28 heavy (non-hydrogen) atoms. The van der Waals surface area contributed by atoms with Gasteiger partial charge in [-0.3, -0.25) is 4.79 Å². The lowest BCUT2D eigenvalue weighted by molar-refractivity contribution is -0.116. The van der Waals surface area contributed by atoms with E-state index in [-0.39, 0.29) is 12.0 Å². The summed E-state index contributed by atoms with van der Waals surface area (Å²) < 4.78 is 15.9. The average molecular weight is 385 g/mol. The molecule has 1 amide bonds. The van der Waals surface area contributed by atoms with Crippen LogP contribution in [0.3, 0.4) is 0 Å². The first kappa shape index (κ1) is 21.3. The number of hydrogen-bond donors (Lipinski definition) is 1. The van der Waals surface area contributed by atoms with E-state index >= 15 is 0 Å². The summed E-state index contributed by atoms with van der Waals surface area (Å²) in [5.41, 5.74) is 2.06. The zero-order valence-corrected chi connectivity index (χ0v) is 16.8. The molecule has 0 aliphatic carbocycles. The van der Waals surface area contributed by atoms with Crippen LogP contribution in [-0.2, 0) is 16.0 Å². The molecule has 2 aromatic carbocycles. The number of methoxy groups -OCH3 is 2. The van der Waals surface area contributed by atoms with Crippen LogP contribution < -0.4 is 14.8 Å². The molecule has 0 fully saturated rings. The molecular formula is C22H27NO5. The Morgan fingerprint density at radius 1 is 1.04 bits per heavy atom. The minimum absolute atomic E-state index is 0.107. The Kier molecular flexibility index (Phi) is 7.87. The number of anilines is 1. The van der Waals surface area contributed by atoms with E-state index in [1.54, 1.807) is 31.4 Å². The second-order valence-electron chi connectivity index (χ2n) is 6.44. The van der Waals surface area contributed by atoms with Gasteiger partial charge in [-0.05, 0) is 61.7 Å². The van der Waals surface area contributed by atoms with Gasteiger partial charge in [0, 0.05) is 12.1 Å². The molecule has 0 aliphatic rings. The molecule has 0 saturated heterocycles. The van der Waals surface area contributed by atoms with E-state index in [2.05, 4.69) is 17.0 Å². The van der Waals surface area contributed by atoms with E-state index in [4.69, 9.17) is 9.47 Å². The van der Waals surface area contributed by atoms with Crippen molar-refractivity contribution in [1.82, 2.24) is 0 Å². The number of esters is 1. The number of carbonyl (C=O) groups is 2. The van der Waals surface area contributed by atoms with Gasteiger partial charge in [0.15, 0.2) is 11.5 Å². The largest absolute Gasteiger partial charge is 0.493 e. The number of hydrogen-bond acceptors (Lipinski definition) is 5. The predicted octanol–water partition coefficient (Wildman–Crippen LogP) is 4.23. The van der Waals surface area contributed by atoms with Crippen LogP contribution in [0, 0.1) is 0 Å². The van der Waals surface area contributed by atoms with E-state index in [0.717, 1.165) is 12.0 Å². The molecule has 0 radical (unpaired) electrons. The van der Waals surface area contributed by atoms with Crippen molar-refractivity contribution in [2.24, 2.45) is 0 Å². The SMILES string of the molecule is CCC(C)Oc1ccc(CCC(=O)Nc2ccc(C(=O)OC)cc2)cc1OC. The van der Waals surface area contributed by atoms with Gasteiger partial charge in [0.2, 0.25) is 5.91 Å². The van der Waals surface area contributed by atoms with E-state index in [1.807, 2.05) is 25.1 Å². The van der Waals surface area contributed by atoms with Gasteiger partial charge in [-0.15, -0.1) is 0 Å². The number of benzene rings is 2. The summed E-state index contributed by atoms with van der Waals surface area (Å²) in [4.78, 5) is 23.6. The van der Waals surface area contributed by atoms with Crippen molar-refractivity contribution in [1.29, 1.82) is 0 Å². The lowest BCUT2D eigenvalue weighted by atomic mass is 10.1. The van der Waals surface area contributed by atoms with E-state index in [1.165, 1.54) is 7.11 Å². The lowest BCUT2D eigenvalue weighted by Gasteiger charge is -2.16. The van der Waals surface area contributed by atoms with Crippen LogP contribution in [0.5, 0.6) is 11.5 Å². The monoisotopic (exact) mass is 385 g/mol. The number of ether oxygens (including phenoxy) is 3. The highest BCUT2D eigenvalue weighted by Crippen LogP contribution is 2.29. The van der Waals surface area contributed by atoms with Crippen LogP contribution in [0.15, 0.2) is 42.5 Å². The molecule has 1 unspecified atom stereocenters. The van der Waals surface area contributed by atoms with Crippen LogP contribution in [0.2, 0.25) is 0 Å². The average Bonchev–Trinajstić information content (AvgIpc) is 2.72. The first-order valence-electron chi connectivity index (χ1n) is 9.28. The molecule has 2 rings (SSSR count). The maximum Gasteiger partial charge on any atom is 0.337 e. The van der Waals surface area contributed by atoms with Gasteiger partial charge in [-0.25, -0.2) is 4.79 Å². The number of rotatable bonds is 9. The third-order valence-electron chi connectivity index (χ3n) is 4.36. The Morgan fingerprint density at radius 2 is 1.75 bits per heavy atom. The van der Waals surface area contributed by atoms with Crippen molar-refractivity contribution >= 4 is 17.6 Å². The van der Waals surface area contributed by atoms with Crippen molar-refractivity contribution in [2.45, 2.75) is 39.2 Å². The van der Waals surface area contributed by atoms with Crippen molar-refractivity contribution in [3.05, 3.63) is 53.6 Å². The van der Waals surface area contributed by atoms with Crippen molar-refractivity contribution in [3.8, 4) is 11.5 Å². The number of carbonyl (C=O) groups excluding carboxylic acids is 2. The topological polar surface area (TPSA) is 73.9 Å². The number of aryl methyl sites for hydroxylation is 1. The van der Waals surface area contributed by atoms with Crippen molar-refractivity contribution < 1.29 is 23.8 Å². The fourth-order valence-electron chi connectivity index (χ4n) is 2.55.